The molecule has 0 unspecified atom stereocenters. The fraction of sp³-hybridized carbons (Fsp3) is 0.750. The second kappa shape index (κ2) is 16.7. The van der Waals surface area contributed by atoms with Crippen molar-refractivity contribution in [3.05, 3.63) is 0 Å². The van der Waals surface area contributed by atoms with Crippen molar-refractivity contribution < 1.29 is 19.8 Å². The number of rotatable bonds is 1. The van der Waals surface area contributed by atoms with Gasteiger partial charge in [-0.25, -0.2) is 0 Å². The molecule has 0 saturated heterocycles. The van der Waals surface area contributed by atoms with Crippen molar-refractivity contribution >= 4 is 11.6 Å². The predicted octanol–water partition coefficient (Wildman–Crippen LogP) is 0.162. The fourth-order valence-corrected chi connectivity index (χ4v) is 0. The van der Waals surface area contributed by atoms with Gasteiger partial charge in [0.2, 0.25) is 0 Å². The molecule has 2 N–H and O–H groups in total. The van der Waals surface area contributed by atoms with E-state index in [2.05, 4.69) is 0 Å². The molecule has 0 aliphatic heterocycles. The third-order valence-corrected chi connectivity index (χ3v) is 0.1000. The van der Waals surface area contributed by atoms with E-state index in [-0.39, 0.29) is 24.8 Å². The summed E-state index contributed by atoms with van der Waals surface area (Å²) in [4.78, 5) is 18.9. The van der Waals surface area contributed by atoms with Crippen LogP contribution in [0.15, 0.2) is 0 Å². The molecule has 0 aromatic rings. The maximum atomic E-state index is 9.44. The number of Topliss-reactive ketones (excluding diaryl/α,β-unsaturated/α-hetero) is 2. The van der Waals surface area contributed by atoms with Crippen molar-refractivity contribution in [1.82, 2.24) is 0 Å². The van der Waals surface area contributed by atoms with Crippen LogP contribution < -0.4 is 0 Å². The van der Waals surface area contributed by atoms with Crippen molar-refractivity contribution in [2.45, 2.75) is 27.7 Å². The standard InChI is InChI=1S/2C3H6O.C2H6O2/c2*1-3(2)4;3-1-2-4/h2*1-2H3;3-4H,1-2H2. The molecule has 12 heavy (non-hydrogen) atoms. The van der Waals surface area contributed by atoms with Gasteiger partial charge in [-0.05, 0) is 27.7 Å². The van der Waals surface area contributed by atoms with Crippen LogP contribution in [0.2, 0.25) is 0 Å². The first-order valence-corrected chi connectivity index (χ1v) is 3.54. The second-order valence-electron chi connectivity index (χ2n) is 2.26. The first-order chi connectivity index (χ1) is 5.38. The molecular weight excluding hydrogens is 160 g/mol. The van der Waals surface area contributed by atoms with Crippen LogP contribution in [0.5, 0.6) is 0 Å². The SMILES string of the molecule is CC(C)=O.CC(C)=O.OCCO. The summed E-state index contributed by atoms with van der Waals surface area (Å²) in [6, 6.07) is 0. The van der Waals surface area contributed by atoms with Gasteiger partial charge in [0.05, 0.1) is 13.2 Å². The first kappa shape index (κ1) is 17.4. The zero-order valence-corrected chi connectivity index (χ0v) is 8.13. The molecule has 0 aromatic carbocycles. The minimum absolute atomic E-state index is 0.125. The van der Waals surface area contributed by atoms with Gasteiger partial charge in [-0.3, -0.25) is 0 Å². The lowest BCUT2D eigenvalue weighted by molar-refractivity contribution is -0.115. The Hall–Kier alpha value is -0.740. The van der Waals surface area contributed by atoms with Crippen LogP contribution in [0, 0.1) is 0 Å². The Morgan fingerprint density at radius 1 is 0.833 bits per heavy atom. The fourth-order valence-electron chi connectivity index (χ4n) is 0. The van der Waals surface area contributed by atoms with Gasteiger partial charge >= 0.3 is 0 Å². The molecule has 74 valence electrons. The van der Waals surface area contributed by atoms with Crippen LogP contribution in [0.4, 0.5) is 0 Å². The summed E-state index contributed by atoms with van der Waals surface area (Å²) >= 11 is 0. The number of carbonyl (C=O) groups excluding carboxylic acids is 2. The highest BCUT2D eigenvalue weighted by molar-refractivity contribution is 5.72. The highest BCUT2D eigenvalue weighted by Gasteiger charge is 1.62. The second-order valence-corrected chi connectivity index (χ2v) is 2.26. The molecular formula is C8H18O4. The number of aliphatic hydroxyl groups is 2. The Bertz CT molecular complexity index is 87.6. The monoisotopic (exact) mass is 178 g/mol. The minimum atomic E-state index is -0.125. The van der Waals surface area contributed by atoms with E-state index in [1.165, 1.54) is 27.7 Å². The van der Waals surface area contributed by atoms with E-state index in [0.29, 0.717) is 0 Å². The molecule has 0 aliphatic carbocycles. The molecule has 0 amide bonds. The van der Waals surface area contributed by atoms with Crippen molar-refractivity contribution in [1.29, 1.82) is 0 Å². The maximum absolute atomic E-state index is 9.44. The highest BCUT2D eigenvalue weighted by Crippen LogP contribution is 1.50. The number of hydrogen-bond acceptors (Lipinski definition) is 4. The maximum Gasteiger partial charge on any atom is 0.126 e. The Morgan fingerprint density at radius 3 is 0.917 bits per heavy atom. The number of ketones is 2. The number of aliphatic hydroxyl groups excluding tert-OH is 2. The Kier molecular flexibility index (Phi) is 24.2. The van der Waals surface area contributed by atoms with Crippen LogP contribution in [0.25, 0.3) is 0 Å². The van der Waals surface area contributed by atoms with Crippen LogP contribution in [0.3, 0.4) is 0 Å². The van der Waals surface area contributed by atoms with Crippen LogP contribution in [0.1, 0.15) is 27.7 Å². The average Bonchev–Trinajstić information content (AvgIpc) is 1.85. The zero-order valence-electron chi connectivity index (χ0n) is 8.13. The minimum Gasteiger partial charge on any atom is -0.394 e. The van der Waals surface area contributed by atoms with Crippen molar-refractivity contribution in [3.8, 4) is 0 Å². The van der Waals surface area contributed by atoms with Gasteiger partial charge in [-0.1, -0.05) is 0 Å². The first-order valence-electron chi connectivity index (χ1n) is 3.54. The Morgan fingerprint density at radius 2 is 0.917 bits per heavy atom. The van der Waals surface area contributed by atoms with Crippen LogP contribution >= 0.6 is 0 Å². The zero-order chi connectivity index (χ0) is 10.6. The molecule has 0 radical (unpaired) electrons. The van der Waals surface area contributed by atoms with Gasteiger partial charge in [-0.2, -0.15) is 0 Å². The molecule has 0 fully saturated rings. The molecule has 4 nitrogen and oxygen atoms in total. The summed E-state index contributed by atoms with van der Waals surface area (Å²) in [7, 11) is 0. The molecule has 0 bridgehead atoms. The van der Waals surface area contributed by atoms with Crippen molar-refractivity contribution in [2.75, 3.05) is 13.2 Å². The van der Waals surface area contributed by atoms with Gasteiger partial charge in [0, 0.05) is 0 Å². The van der Waals surface area contributed by atoms with E-state index in [1.54, 1.807) is 0 Å². The predicted molar refractivity (Wildman–Crippen MR) is 46.9 cm³/mol. The normalized spacial score (nSPS) is 6.83. The van der Waals surface area contributed by atoms with Crippen molar-refractivity contribution in [3.63, 3.8) is 0 Å². The van der Waals surface area contributed by atoms with Gasteiger partial charge in [0.25, 0.3) is 0 Å². The summed E-state index contributed by atoms with van der Waals surface area (Å²) in [5.74, 6) is 0.333. The lowest BCUT2D eigenvalue weighted by Gasteiger charge is -1.70. The topological polar surface area (TPSA) is 74.6 Å². The molecule has 0 aromatic heterocycles. The van der Waals surface area contributed by atoms with Crippen molar-refractivity contribution in [2.24, 2.45) is 0 Å². The van der Waals surface area contributed by atoms with Gasteiger partial charge < -0.3 is 19.8 Å². The average molecular weight is 178 g/mol. The van der Waals surface area contributed by atoms with Gasteiger partial charge in [0.15, 0.2) is 0 Å². The number of carbonyl (C=O) groups is 2. The van der Waals surface area contributed by atoms with E-state index in [1.807, 2.05) is 0 Å². The highest BCUT2D eigenvalue weighted by atomic mass is 16.3. The largest absolute Gasteiger partial charge is 0.394 e. The molecule has 0 aliphatic rings. The number of hydrogen-bond donors (Lipinski definition) is 2. The Labute approximate surface area is 73.2 Å². The van der Waals surface area contributed by atoms with Gasteiger partial charge in [0.1, 0.15) is 11.6 Å². The lowest BCUT2D eigenvalue weighted by Crippen LogP contribution is -1.85. The van der Waals surface area contributed by atoms with E-state index in [9.17, 15) is 9.59 Å². The van der Waals surface area contributed by atoms with E-state index >= 15 is 0 Å². The van der Waals surface area contributed by atoms with E-state index in [0.717, 1.165) is 0 Å². The molecule has 0 atom stereocenters. The van der Waals surface area contributed by atoms with E-state index < -0.39 is 0 Å². The third-order valence-electron chi connectivity index (χ3n) is 0.1000. The molecule has 0 spiro atoms. The van der Waals surface area contributed by atoms with Crippen LogP contribution in [-0.2, 0) is 9.59 Å². The lowest BCUT2D eigenvalue weighted by atomic mass is 10.6. The molecule has 0 rings (SSSR count). The summed E-state index contributed by atoms with van der Waals surface area (Å²) in [5.41, 5.74) is 0. The molecule has 0 heterocycles. The van der Waals surface area contributed by atoms with Crippen LogP contribution in [-0.4, -0.2) is 35.0 Å². The van der Waals surface area contributed by atoms with E-state index in [4.69, 9.17) is 10.2 Å². The molecule has 4 heteroatoms. The third kappa shape index (κ3) is 9350. The summed E-state index contributed by atoms with van der Waals surface area (Å²) in [6.07, 6.45) is 0. The molecule has 0 saturated carbocycles. The Balaban J connectivity index is -0.000000101. The quantitative estimate of drug-likeness (QED) is 0.600. The summed E-state index contributed by atoms with van der Waals surface area (Å²) < 4.78 is 0. The smallest absolute Gasteiger partial charge is 0.126 e. The summed E-state index contributed by atoms with van der Waals surface area (Å²) in [6.45, 7) is 5.86. The van der Waals surface area contributed by atoms with Gasteiger partial charge in [-0.15, -0.1) is 0 Å². The summed E-state index contributed by atoms with van der Waals surface area (Å²) in [5, 5.41) is 15.2.